The molecule has 1 aromatic carbocycles. The number of nitrogens with zero attached hydrogens (tertiary/aromatic N) is 5. The average Bonchev–Trinajstić information content (AvgIpc) is 3.27. The first-order valence-corrected chi connectivity index (χ1v) is 15.1. The van der Waals surface area contributed by atoms with Crippen molar-refractivity contribution < 1.29 is 9.90 Å². The summed E-state index contributed by atoms with van der Waals surface area (Å²) in [6, 6.07) is 11.4. The molecule has 2 aromatic rings. The van der Waals surface area contributed by atoms with E-state index < -0.39 is 5.97 Å². The number of benzene rings is 1. The number of rotatable bonds is 5. The van der Waals surface area contributed by atoms with Crippen molar-refractivity contribution >= 4 is 23.0 Å². The van der Waals surface area contributed by atoms with E-state index in [1.54, 1.807) is 0 Å². The number of carboxylic acid groups (broad SMARTS) is 1. The van der Waals surface area contributed by atoms with E-state index in [0.717, 1.165) is 55.5 Å². The molecule has 3 aliphatic heterocycles. The molecule has 0 amide bonds. The van der Waals surface area contributed by atoms with Gasteiger partial charge in [0.2, 0.25) is 5.95 Å². The molecule has 5 aliphatic rings. The Morgan fingerprint density at radius 1 is 0.811 bits per heavy atom. The Kier molecular flexibility index (Phi) is 6.40. The number of piperidine rings is 2. The van der Waals surface area contributed by atoms with Crippen LogP contribution in [0.3, 0.4) is 0 Å². The largest absolute Gasteiger partial charge is 0.480 e. The van der Waals surface area contributed by atoms with Crippen molar-refractivity contribution in [2.75, 3.05) is 37.6 Å². The number of piperazine rings is 1. The highest BCUT2D eigenvalue weighted by molar-refractivity contribution is 5.79. The molecule has 2 unspecified atom stereocenters. The summed E-state index contributed by atoms with van der Waals surface area (Å²) in [5, 5.41) is 9.22. The Hall–Kier alpha value is -2.12. The van der Waals surface area contributed by atoms with Crippen LogP contribution in [0.1, 0.15) is 76.7 Å². The fraction of sp³-hybridized carbons (Fsp3) is 0.733. The maximum atomic E-state index is 11.2. The highest BCUT2D eigenvalue weighted by Gasteiger charge is 2.45. The van der Waals surface area contributed by atoms with Crippen LogP contribution < -0.4 is 4.90 Å². The van der Waals surface area contributed by atoms with Gasteiger partial charge in [-0.05, 0) is 68.9 Å². The lowest BCUT2D eigenvalue weighted by Crippen LogP contribution is -2.58. The third-order valence-corrected chi connectivity index (χ3v) is 10.5. The number of aliphatic carboxylic acids is 1. The van der Waals surface area contributed by atoms with Crippen LogP contribution in [0.5, 0.6) is 0 Å². The summed E-state index contributed by atoms with van der Waals surface area (Å²) < 4.78 is 2.60. The molecular formula is C30H43N5O2. The molecule has 37 heavy (non-hydrogen) atoms. The summed E-state index contributed by atoms with van der Waals surface area (Å²) in [4.78, 5) is 23.9. The molecule has 5 fully saturated rings. The predicted octanol–water partition coefficient (Wildman–Crippen LogP) is 4.77. The zero-order valence-corrected chi connectivity index (χ0v) is 22.2. The molecule has 2 saturated carbocycles. The SMILES string of the molecule is O=C(O)CN1CCN(c2nc3ccccc3n2C2C[C@H]3CCC[C@@H](C2)N3C2C[C@H]3CCC[C@@H](C2)C3)CC1. The van der Waals surface area contributed by atoms with Crippen molar-refractivity contribution in [3.05, 3.63) is 24.3 Å². The highest BCUT2D eigenvalue weighted by atomic mass is 16.4. The number of carbonyl (C=O) groups is 1. The molecule has 2 aliphatic carbocycles. The van der Waals surface area contributed by atoms with Gasteiger partial charge in [0.1, 0.15) is 0 Å². The fourth-order valence-corrected chi connectivity index (χ4v) is 9.05. The van der Waals surface area contributed by atoms with Crippen LogP contribution in [0.25, 0.3) is 11.0 Å². The number of fused-ring (bicyclic) bond motifs is 5. The standard InChI is InChI=1S/C30H43N5O2/c36-29(37)20-32-11-13-33(14-12-32)30-31-27-9-1-2-10-28(27)35(30)26-18-23-7-4-8-24(19-26)34(23)25-16-21-5-3-6-22(15-21)17-25/h1-2,9-10,21-26H,3-8,11-20H2,(H,36,37)/t21-,22+,23-,24+,25?,26?. The normalized spacial score (nSPS) is 35.1. The monoisotopic (exact) mass is 505 g/mol. The summed E-state index contributed by atoms with van der Waals surface area (Å²) in [6.45, 7) is 3.38. The summed E-state index contributed by atoms with van der Waals surface area (Å²) in [5.74, 6) is 2.35. The number of para-hydroxylation sites is 2. The molecule has 7 nitrogen and oxygen atoms in total. The smallest absolute Gasteiger partial charge is 0.317 e. The third-order valence-electron chi connectivity index (χ3n) is 10.5. The Morgan fingerprint density at radius 2 is 1.49 bits per heavy atom. The first-order valence-electron chi connectivity index (χ1n) is 15.1. The molecule has 1 aromatic heterocycles. The van der Waals surface area contributed by atoms with E-state index in [-0.39, 0.29) is 6.54 Å². The van der Waals surface area contributed by atoms with Crippen LogP contribution in [0.2, 0.25) is 0 Å². The Balaban J connectivity index is 1.15. The maximum Gasteiger partial charge on any atom is 0.317 e. The fourth-order valence-electron chi connectivity index (χ4n) is 9.05. The Labute approximate surface area is 220 Å². The summed E-state index contributed by atoms with van der Waals surface area (Å²) in [6.07, 6.45) is 15.4. The molecular weight excluding hydrogens is 462 g/mol. The van der Waals surface area contributed by atoms with E-state index in [0.29, 0.717) is 18.1 Å². The summed E-state index contributed by atoms with van der Waals surface area (Å²) in [7, 11) is 0. The van der Waals surface area contributed by atoms with Gasteiger partial charge in [-0.1, -0.05) is 37.8 Å². The van der Waals surface area contributed by atoms with Gasteiger partial charge in [0.25, 0.3) is 0 Å². The van der Waals surface area contributed by atoms with E-state index in [1.807, 2.05) is 4.90 Å². The van der Waals surface area contributed by atoms with Crippen molar-refractivity contribution in [3.63, 3.8) is 0 Å². The molecule has 4 heterocycles. The topological polar surface area (TPSA) is 64.8 Å². The van der Waals surface area contributed by atoms with E-state index in [9.17, 15) is 9.90 Å². The van der Waals surface area contributed by atoms with Gasteiger partial charge < -0.3 is 14.6 Å². The first kappa shape index (κ1) is 24.0. The average molecular weight is 506 g/mol. The molecule has 0 spiro atoms. The molecule has 7 heteroatoms. The van der Waals surface area contributed by atoms with Gasteiger partial charge in [-0.25, -0.2) is 4.98 Å². The number of aromatic nitrogens is 2. The molecule has 200 valence electrons. The summed E-state index contributed by atoms with van der Waals surface area (Å²) >= 11 is 0. The van der Waals surface area contributed by atoms with Crippen LogP contribution in [-0.4, -0.2) is 81.3 Å². The minimum atomic E-state index is -0.736. The van der Waals surface area contributed by atoms with Crippen LogP contribution >= 0.6 is 0 Å². The van der Waals surface area contributed by atoms with Crippen LogP contribution in [-0.2, 0) is 4.79 Å². The van der Waals surface area contributed by atoms with Crippen molar-refractivity contribution in [2.24, 2.45) is 11.8 Å². The van der Waals surface area contributed by atoms with Crippen LogP contribution in [0.4, 0.5) is 5.95 Å². The summed E-state index contributed by atoms with van der Waals surface area (Å²) in [5.41, 5.74) is 2.37. The molecule has 0 radical (unpaired) electrons. The van der Waals surface area contributed by atoms with E-state index >= 15 is 0 Å². The van der Waals surface area contributed by atoms with Gasteiger partial charge in [0, 0.05) is 50.3 Å². The minimum absolute atomic E-state index is 0.134. The van der Waals surface area contributed by atoms with Crippen LogP contribution in [0, 0.1) is 11.8 Å². The van der Waals surface area contributed by atoms with Gasteiger partial charge in [0.15, 0.2) is 0 Å². The molecule has 1 N–H and O–H groups in total. The molecule has 6 atom stereocenters. The molecule has 7 rings (SSSR count). The third kappa shape index (κ3) is 4.56. The quantitative estimate of drug-likeness (QED) is 0.632. The van der Waals surface area contributed by atoms with Gasteiger partial charge in [-0.3, -0.25) is 14.6 Å². The van der Waals surface area contributed by atoms with E-state index in [4.69, 9.17) is 4.98 Å². The lowest BCUT2D eigenvalue weighted by Gasteiger charge is -2.55. The lowest BCUT2D eigenvalue weighted by atomic mass is 9.68. The number of hydrogen-bond donors (Lipinski definition) is 1. The Bertz CT molecular complexity index is 1100. The second-order valence-electron chi connectivity index (χ2n) is 12.8. The predicted molar refractivity (Wildman–Crippen MR) is 146 cm³/mol. The first-order chi connectivity index (χ1) is 18.1. The number of imidazole rings is 1. The van der Waals surface area contributed by atoms with Gasteiger partial charge >= 0.3 is 5.97 Å². The zero-order valence-electron chi connectivity index (χ0n) is 22.2. The number of hydrogen-bond acceptors (Lipinski definition) is 5. The van der Waals surface area contributed by atoms with E-state index in [2.05, 4.69) is 38.6 Å². The van der Waals surface area contributed by atoms with Crippen molar-refractivity contribution in [3.8, 4) is 0 Å². The van der Waals surface area contributed by atoms with E-state index in [1.165, 1.54) is 76.1 Å². The maximum absolute atomic E-state index is 11.2. The van der Waals surface area contributed by atoms with Gasteiger partial charge in [-0.2, -0.15) is 0 Å². The second kappa shape index (κ2) is 9.88. The van der Waals surface area contributed by atoms with Crippen molar-refractivity contribution in [1.29, 1.82) is 0 Å². The van der Waals surface area contributed by atoms with Gasteiger partial charge in [0.05, 0.1) is 17.6 Å². The molecule has 4 bridgehead atoms. The number of carboxylic acids is 1. The van der Waals surface area contributed by atoms with Gasteiger partial charge in [-0.15, -0.1) is 0 Å². The Morgan fingerprint density at radius 3 is 2.19 bits per heavy atom. The second-order valence-corrected chi connectivity index (χ2v) is 12.8. The minimum Gasteiger partial charge on any atom is -0.480 e. The molecule has 3 saturated heterocycles. The zero-order chi connectivity index (χ0) is 24.9. The van der Waals surface area contributed by atoms with Crippen molar-refractivity contribution in [2.45, 2.75) is 94.8 Å². The number of anilines is 1. The lowest BCUT2D eigenvalue weighted by molar-refractivity contribution is -0.138. The van der Waals surface area contributed by atoms with Crippen LogP contribution in [0.15, 0.2) is 24.3 Å². The highest BCUT2D eigenvalue weighted by Crippen LogP contribution is 2.48. The van der Waals surface area contributed by atoms with Crippen molar-refractivity contribution in [1.82, 2.24) is 19.4 Å².